The Morgan fingerprint density at radius 3 is 2.63 bits per heavy atom. The van der Waals surface area contributed by atoms with Crippen molar-refractivity contribution in [3.63, 3.8) is 0 Å². The van der Waals surface area contributed by atoms with Gasteiger partial charge in [0.2, 0.25) is 0 Å². The van der Waals surface area contributed by atoms with Crippen LogP contribution in [0.5, 0.6) is 5.75 Å². The van der Waals surface area contributed by atoms with Crippen LogP contribution in [0, 0.1) is 0 Å². The van der Waals surface area contributed by atoms with Gasteiger partial charge in [-0.25, -0.2) is 4.98 Å². The van der Waals surface area contributed by atoms with E-state index in [0.29, 0.717) is 12.2 Å². The Labute approximate surface area is 176 Å². The van der Waals surface area contributed by atoms with E-state index in [0.717, 1.165) is 46.7 Å². The second-order valence-electron chi connectivity index (χ2n) is 7.22. The lowest BCUT2D eigenvalue weighted by molar-refractivity contribution is 0.102. The van der Waals surface area contributed by atoms with Crippen LogP contribution in [-0.2, 0) is 0 Å². The summed E-state index contributed by atoms with van der Waals surface area (Å²) in [5.41, 5.74) is 4.13. The maximum absolute atomic E-state index is 12.6. The van der Waals surface area contributed by atoms with Crippen LogP contribution in [0.3, 0.4) is 0 Å². The Kier molecular flexibility index (Phi) is 6.09. The lowest BCUT2D eigenvalue weighted by Crippen LogP contribution is -2.11. The molecule has 0 atom stereocenters. The van der Waals surface area contributed by atoms with Gasteiger partial charge in [-0.15, -0.1) is 0 Å². The van der Waals surface area contributed by atoms with Crippen molar-refractivity contribution in [2.75, 3.05) is 11.9 Å². The van der Waals surface area contributed by atoms with Crippen LogP contribution in [0.25, 0.3) is 22.4 Å². The summed E-state index contributed by atoms with van der Waals surface area (Å²) in [6.45, 7) is 2.87. The summed E-state index contributed by atoms with van der Waals surface area (Å²) < 4.78 is 5.71. The molecule has 1 amide bonds. The predicted octanol–water partition coefficient (Wildman–Crippen LogP) is 6.05. The molecule has 3 aromatic carbocycles. The highest BCUT2D eigenvalue weighted by Gasteiger charge is 2.09. The fourth-order valence-electron chi connectivity index (χ4n) is 3.28. The van der Waals surface area contributed by atoms with E-state index in [1.54, 1.807) is 12.1 Å². The van der Waals surface area contributed by atoms with Gasteiger partial charge in [0.25, 0.3) is 5.91 Å². The highest BCUT2D eigenvalue weighted by atomic mass is 16.5. The molecule has 4 rings (SSSR count). The van der Waals surface area contributed by atoms with E-state index in [-0.39, 0.29) is 5.91 Å². The fourth-order valence-corrected chi connectivity index (χ4v) is 3.28. The van der Waals surface area contributed by atoms with E-state index in [2.05, 4.69) is 22.2 Å². The van der Waals surface area contributed by atoms with Crippen LogP contribution in [-0.4, -0.2) is 22.5 Å². The van der Waals surface area contributed by atoms with Crippen molar-refractivity contribution in [3.05, 3.63) is 78.4 Å². The standard InChI is InChI=1S/C25H25N3O2/c1-2-3-6-16-30-21-14-12-18(13-15-21)25(29)26-20-9-7-8-19(17-20)24-27-22-10-4-5-11-23(22)28-24/h4-5,7-15,17H,2-3,6,16H2,1H3,(H,26,29)(H,27,28). The number of aromatic nitrogens is 2. The molecule has 0 aliphatic carbocycles. The summed E-state index contributed by atoms with van der Waals surface area (Å²) in [7, 11) is 0. The zero-order valence-corrected chi connectivity index (χ0v) is 17.0. The number of nitrogens with one attached hydrogen (secondary N) is 2. The molecule has 30 heavy (non-hydrogen) atoms. The Hall–Kier alpha value is -3.60. The van der Waals surface area contributed by atoms with Gasteiger partial charge >= 0.3 is 0 Å². The van der Waals surface area contributed by atoms with Gasteiger partial charge in [0.05, 0.1) is 17.6 Å². The van der Waals surface area contributed by atoms with Gasteiger partial charge in [-0.2, -0.15) is 0 Å². The maximum Gasteiger partial charge on any atom is 0.255 e. The Morgan fingerprint density at radius 2 is 1.83 bits per heavy atom. The zero-order valence-electron chi connectivity index (χ0n) is 17.0. The molecule has 152 valence electrons. The molecule has 1 heterocycles. The summed E-state index contributed by atoms with van der Waals surface area (Å²) in [6, 6.07) is 22.8. The molecule has 1 aromatic heterocycles. The molecule has 0 unspecified atom stereocenters. The number of hydrogen-bond donors (Lipinski definition) is 2. The second kappa shape index (κ2) is 9.27. The minimum atomic E-state index is -0.158. The van der Waals surface area contributed by atoms with Crippen molar-refractivity contribution >= 4 is 22.6 Å². The number of ether oxygens (including phenoxy) is 1. The summed E-state index contributed by atoms with van der Waals surface area (Å²) in [5, 5.41) is 2.96. The number of anilines is 1. The fraction of sp³-hybridized carbons (Fsp3) is 0.200. The van der Waals surface area contributed by atoms with Gasteiger partial charge in [-0.3, -0.25) is 4.79 Å². The molecule has 2 N–H and O–H groups in total. The van der Waals surface area contributed by atoms with Crippen molar-refractivity contribution in [2.24, 2.45) is 0 Å². The number of para-hydroxylation sites is 2. The molecular formula is C25H25N3O2. The molecule has 5 heteroatoms. The van der Waals surface area contributed by atoms with E-state index in [1.807, 2.05) is 60.7 Å². The first-order valence-electron chi connectivity index (χ1n) is 10.3. The monoisotopic (exact) mass is 399 g/mol. The van der Waals surface area contributed by atoms with Gasteiger partial charge in [0.15, 0.2) is 0 Å². The van der Waals surface area contributed by atoms with Gasteiger partial charge in [-0.1, -0.05) is 44.0 Å². The van der Waals surface area contributed by atoms with E-state index < -0.39 is 0 Å². The average molecular weight is 399 g/mol. The first kappa shape index (κ1) is 19.7. The summed E-state index contributed by atoms with van der Waals surface area (Å²) in [6.07, 6.45) is 3.37. The number of benzene rings is 3. The number of fused-ring (bicyclic) bond motifs is 1. The third-order valence-corrected chi connectivity index (χ3v) is 4.92. The van der Waals surface area contributed by atoms with Crippen molar-refractivity contribution in [1.82, 2.24) is 9.97 Å². The Morgan fingerprint density at radius 1 is 1.00 bits per heavy atom. The maximum atomic E-state index is 12.6. The van der Waals surface area contributed by atoms with Crippen LogP contribution in [0.1, 0.15) is 36.5 Å². The molecule has 0 spiro atoms. The van der Waals surface area contributed by atoms with E-state index in [4.69, 9.17) is 4.74 Å². The molecule has 0 aliphatic heterocycles. The third kappa shape index (κ3) is 4.69. The topological polar surface area (TPSA) is 67.0 Å². The number of unbranched alkanes of at least 4 members (excludes halogenated alkanes) is 2. The smallest absolute Gasteiger partial charge is 0.255 e. The molecule has 0 saturated heterocycles. The summed E-state index contributed by atoms with van der Waals surface area (Å²) >= 11 is 0. The highest BCUT2D eigenvalue weighted by Crippen LogP contribution is 2.23. The quantitative estimate of drug-likeness (QED) is 0.354. The molecule has 0 bridgehead atoms. The van der Waals surface area contributed by atoms with Crippen LogP contribution in [0.2, 0.25) is 0 Å². The van der Waals surface area contributed by atoms with Gasteiger partial charge < -0.3 is 15.0 Å². The van der Waals surface area contributed by atoms with Gasteiger partial charge in [0.1, 0.15) is 11.6 Å². The minimum Gasteiger partial charge on any atom is -0.494 e. The zero-order chi connectivity index (χ0) is 20.8. The minimum absolute atomic E-state index is 0.158. The van der Waals surface area contributed by atoms with E-state index in [1.165, 1.54) is 6.42 Å². The van der Waals surface area contributed by atoms with Crippen molar-refractivity contribution in [3.8, 4) is 17.1 Å². The molecular weight excluding hydrogens is 374 g/mol. The predicted molar refractivity (Wildman–Crippen MR) is 121 cm³/mol. The summed E-state index contributed by atoms with van der Waals surface area (Å²) in [4.78, 5) is 20.6. The van der Waals surface area contributed by atoms with Crippen LogP contribution in [0.4, 0.5) is 5.69 Å². The van der Waals surface area contributed by atoms with Crippen molar-refractivity contribution < 1.29 is 9.53 Å². The highest BCUT2D eigenvalue weighted by molar-refractivity contribution is 6.04. The van der Waals surface area contributed by atoms with Gasteiger partial charge in [-0.05, 0) is 55.0 Å². The number of carbonyl (C=O) groups is 1. The van der Waals surface area contributed by atoms with Crippen LogP contribution < -0.4 is 10.1 Å². The van der Waals surface area contributed by atoms with E-state index in [9.17, 15) is 4.79 Å². The number of nitrogens with zero attached hydrogens (tertiary/aromatic N) is 1. The van der Waals surface area contributed by atoms with Crippen LogP contribution in [0.15, 0.2) is 72.8 Å². The largest absolute Gasteiger partial charge is 0.494 e. The Balaban J connectivity index is 1.42. The average Bonchev–Trinajstić information content (AvgIpc) is 3.22. The van der Waals surface area contributed by atoms with Crippen molar-refractivity contribution in [1.29, 1.82) is 0 Å². The number of hydrogen-bond acceptors (Lipinski definition) is 3. The molecule has 0 radical (unpaired) electrons. The number of aromatic amines is 1. The molecule has 0 saturated carbocycles. The molecule has 5 nitrogen and oxygen atoms in total. The first-order chi connectivity index (χ1) is 14.7. The normalized spacial score (nSPS) is 10.8. The molecule has 0 aliphatic rings. The SMILES string of the molecule is CCCCCOc1ccc(C(=O)Nc2cccc(-c3nc4ccccc4[nH]3)c2)cc1. The lowest BCUT2D eigenvalue weighted by atomic mass is 10.1. The number of amides is 1. The molecule has 4 aromatic rings. The van der Waals surface area contributed by atoms with E-state index >= 15 is 0 Å². The van der Waals surface area contributed by atoms with Gasteiger partial charge in [0, 0.05) is 16.8 Å². The Bertz CT molecular complexity index is 1100. The second-order valence-corrected chi connectivity index (χ2v) is 7.22. The van der Waals surface area contributed by atoms with Crippen LogP contribution >= 0.6 is 0 Å². The number of carbonyl (C=O) groups excluding carboxylic acids is 1. The first-order valence-corrected chi connectivity index (χ1v) is 10.3. The van der Waals surface area contributed by atoms with Crippen molar-refractivity contribution in [2.45, 2.75) is 26.2 Å². The number of H-pyrrole nitrogens is 1. The third-order valence-electron chi connectivity index (χ3n) is 4.92. The summed E-state index contributed by atoms with van der Waals surface area (Å²) in [5.74, 6) is 1.40. The number of rotatable bonds is 8. The lowest BCUT2D eigenvalue weighted by Gasteiger charge is -2.08. The number of imidazole rings is 1. The molecule has 0 fully saturated rings.